The van der Waals surface area contributed by atoms with Crippen molar-refractivity contribution in [2.24, 2.45) is 0 Å². The zero-order valence-corrected chi connectivity index (χ0v) is 11.2. The van der Waals surface area contributed by atoms with Crippen LogP contribution in [0.4, 0.5) is 4.39 Å². The number of aryl methyl sites for hydroxylation is 1. The Bertz CT molecular complexity index is 504. The van der Waals surface area contributed by atoms with E-state index in [0.29, 0.717) is 0 Å². The first kappa shape index (κ1) is 12.3. The van der Waals surface area contributed by atoms with E-state index in [2.05, 4.69) is 21.2 Å². The minimum atomic E-state index is -0.233. The average molecular weight is 298 g/mol. The van der Waals surface area contributed by atoms with Gasteiger partial charge in [0.25, 0.3) is 0 Å². The summed E-state index contributed by atoms with van der Waals surface area (Å²) in [7, 11) is 1.82. The van der Waals surface area contributed by atoms with Gasteiger partial charge in [0.05, 0.1) is 16.8 Å². The van der Waals surface area contributed by atoms with E-state index in [1.807, 2.05) is 26.1 Å². The third kappa shape index (κ3) is 2.58. The number of hydrogen-bond donors (Lipinski definition) is 1. The molecule has 0 bridgehead atoms. The monoisotopic (exact) mass is 297 g/mol. The Hall–Kier alpha value is -1.13. The van der Waals surface area contributed by atoms with Crippen LogP contribution < -0.4 is 5.32 Å². The molecule has 2 rings (SSSR count). The summed E-state index contributed by atoms with van der Waals surface area (Å²) in [6.45, 7) is 1.87. The van der Waals surface area contributed by atoms with Crippen molar-refractivity contribution in [1.29, 1.82) is 0 Å². The number of rotatable bonds is 3. The van der Waals surface area contributed by atoms with Crippen molar-refractivity contribution in [2.75, 3.05) is 7.05 Å². The molecule has 1 aromatic carbocycles. The smallest absolute Gasteiger partial charge is 0.139 e. The summed E-state index contributed by atoms with van der Waals surface area (Å²) < 4.78 is 19.7. The first-order valence-electron chi connectivity index (χ1n) is 5.29. The minimum Gasteiger partial charge on any atom is -0.466 e. The molecule has 0 aliphatic rings. The van der Waals surface area contributed by atoms with Gasteiger partial charge in [-0.05, 0) is 59.2 Å². The molecule has 1 atom stereocenters. The second-order valence-corrected chi connectivity index (χ2v) is 4.77. The van der Waals surface area contributed by atoms with Crippen LogP contribution >= 0.6 is 15.9 Å². The minimum absolute atomic E-state index is 0.159. The van der Waals surface area contributed by atoms with Crippen LogP contribution in [0.25, 0.3) is 0 Å². The first-order valence-corrected chi connectivity index (χ1v) is 6.08. The van der Waals surface area contributed by atoms with Gasteiger partial charge < -0.3 is 9.73 Å². The molecule has 1 unspecified atom stereocenters. The normalized spacial score (nSPS) is 12.7. The fourth-order valence-corrected chi connectivity index (χ4v) is 2.32. The molecule has 0 fully saturated rings. The maximum Gasteiger partial charge on any atom is 0.139 e. The summed E-state index contributed by atoms with van der Waals surface area (Å²) in [5.41, 5.74) is 1.74. The van der Waals surface area contributed by atoms with Crippen molar-refractivity contribution < 1.29 is 8.81 Å². The molecule has 0 saturated heterocycles. The lowest BCUT2D eigenvalue weighted by Crippen LogP contribution is -2.17. The van der Waals surface area contributed by atoms with Crippen molar-refractivity contribution in [1.82, 2.24) is 5.32 Å². The maximum atomic E-state index is 13.4. The Labute approximate surface area is 108 Å². The van der Waals surface area contributed by atoms with Crippen LogP contribution in [0.15, 0.2) is 39.4 Å². The fourth-order valence-electron chi connectivity index (χ4n) is 1.89. The zero-order chi connectivity index (χ0) is 12.4. The lowest BCUT2D eigenvalue weighted by Gasteiger charge is -2.15. The molecule has 0 amide bonds. The molecule has 0 saturated carbocycles. The largest absolute Gasteiger partial charge is 0.466 e. The first-order chi connectivity index (χ1) is 8.11. The Morgan fingerprint density at radius 2 is 2.12 bits per heavy atom. The van der Waals surface area contributed by atoms with Gasteiger partial charge in [-0.15, -0.1) is 0 Å². The second-order valence-electron chi connectivity index (χ2n) is 3.92. The molecule has 0 spiro atoms. The maximum absolute atomic E-state index is 13.4. The van der Waals surface area contributed by atoms with Crippen molar-refractivity contribution >= 4 is 15.9 Å². The van der Waals surface area contributed by atoms with E-state index < -0.39 is 0 Å². The van der Waals surface area contributed by atoms with Gasteiger partial charge in [0, 0.05) is 0 Å². The lowest BCUT2D eigenvalue weighted by atomic mass is 10.0. The highest BCUT2D eigenvalue weighted by molar-refractivity contribution is 9.10. The summed E-state index contributed by atoms with van der Waals surface area (Å²) >= 11 is 3.41. The van der Waals surface area contributed by atoms with Crippen molar-refractivity contribution in [2.45, 2.75) is 13.0 Å². The van der Waals surface area contributed by atoms with Crippen molar-refractivity contribution in [3.63, 3.8) is 0 Å². The molecule has 0 aliphatic heterocycles. The van der Waals surface area contributed by atoms with E-state index >= 15 is 0 Å². The number of hydrogen-bond acceptors (Lipinski definition) is 2. The summed E-state index contributed by atoms with van der Waals surface area (Å²) in [6.07, 6.45) is 1.61. The van der Waals surface area contributed by atoms with E-state index in [1.54, 1.807) is 6.26 Å². The summed E-state index contributed by atoms with van der Waals surface area (Å²) in [6, 6.07) is 6.63. The van der Waals surface area contributed by atoms with E-state index in [1.165, 1.54) is 12.1 Å². The molecule has 0 radical (unpaired) electrons. The standard InChI is InChI=1S/C13H13BrFNO/c1-8-5-9(7-10(15)6-8)12(16-2)13-11(14)3-4-17-13/h3-7,12,16H,1-2H3. The van der Waals surface area contributed by atoms with Gasteiger partial charge in [-0.1, -0.05) is 6.07 Å². The van der Waals surface area contributed by atoms with Gasteiger partial charge >= 0.3 is 0 Å². The van der Waals surface area contributed by atoms with Crippen molar-refractivity contribution in [3.8, 4) is 0 Å². The van der Waals surface area contributed by atoms with Gasteiger partial charge in [0.1, 0.15) is 11.6 Å². The third-order valence-corrected chi connectivity index (χ3v) is 3.25. The van der Waals surface area contributed by atoms with Gasteiger partial charge in [0.2, 0.25) is 0 Å². The van der Waals surface area contributed by atoms with E-state index in [9.17, 15) is 4.39 Å². The van der Waals surface area contributed by atoms with Crippen LogP contribution in [0.3, 0.4) is 0 Å². The van der Waals surface area contributed by atoms with Crippen LogP contribution in [0.2, 0.25) is 0 Å². The molecule has 1 N–H and O–H groups in total. The molecule has 2 nitrogen and oxygen atoms in total. The summed E-state index contributed by atoms with van der Waals surface area (Å²) in [5.74, 6) is 0.514. The van der Waals surface area contributed by atoms with Gasteiger partial charge in [-0.2, -0.15) is 0 Å². The highest BCUT2D eigenvalue weighted by atomic mass is 79.9. The van der Waals surface area contributed by atoms with Crippen LogP contribution in [-0.2, 0) is 0 Å². The molecule has 4 heteroatoms. The molecule has 17 heavy (non-hydrogen) atoms. The lowest BCUT2D eigenvalue weighted by molar-refractivity contribution is 0.459. The predicted octanol–water partition coefficient (Wildman–Crippen LogP) is 3.80. The van der Waals surface area contributed by atoms with Gasteiger partial charge in [-0.25, -0.2) is 4.39 Å². The van der Waals surface area contributed by atoms with Gasteiger partial charge in [0.15, 0.2) is 0 Å². The predicted molar refractivity (Wildman–Crippen MR) is 68.4 cm³/mol. The van der Waals surface area contributed by atoms with E-state index in [4.69, 9.17) is 4.42 Å². The van der Waals surface area contributed by atoms with Crippen LogP contribution in [0.5, 0.6) is 0 Å². The number of nitrogens with one attached hydrogen (secondary N) is 1. The highest BCUT2D eigenvalue weighted by Crippen LogP contribution is 2.30. The topological polar surface area (TPSA) is 25.2 Å². The molecule has 1 heterocycles. The molecule has 2 aromatic rings. The van der Waals surface area contributed by atoms with Crippen LogP contribution in [0, 0.1) is 12.7 Å². The van der Waals surface area contributed by atoms with Gasteiger partial charge in [-0.3, -0.25) is 0 Å². The quantitative estimate of drug-likeness (QED) is 0.932. The summed E-state index contributed by atoms with van der Waals surface area (Å²) in [5, 5.41) is 3.13. The number of benzene rings is 1. The Morgan fingerprint density at radius 3 is 2.65 bits per heavy atom. The number of halogens is 2. The van der Waals surface area contributed by atoms with Crippen molar-refractivity contribution in [3.05, 3.63) is 57.7 Å². The number of furan rings is 1. The molecule has 90 valence electrons. The SMILES string of the molecule is CNC(c1cc(C)cc(F)c1)c1occc1Br. The highest BCUT2D eigenvalue weighted by Gasteiger charge is 2.19. The van der Waals surface area contributed by atoms with E-state index in [-0.39, 0.29) is 11.9 Å². The Morgan fingerprint density at radius 1 is 1.35 bits per heavy atom. The van der Waals surface area contributed by atoms with Crippen LogP contribution in [0.1, 0.15) is 22.9 Å². The van der Waals surface area contributed by atoms with Crippen LogP contribution in [-0.4, -0.2) is 7.05 Å². The molecule has 0 aliphatic carbocycles. The molecular weight excluding hydrogens is 285 g/mol. The molecular formula is C13H13BrFNO. The fraction of sp³-hybridized carbons (Fsp3) is 0.231. The zero-order valence-electron chi connectivity index (χ0n) is 9.63. The third-order valence-electron chi connectivity index (χ3n) is 2.59. The summed E-state index contributed by atoms with van der Waals surface area (Å²) in [4.78, 5) is 0. The second kappa shape index (κ2) is 5.02. The molecule has 1 aromatic heterocycles. The van der Waals surface area contributed by atoms with E-state index in [0.717, 1.165) is 21.4 Å². The average Bonchev–Trinajstić information content (AvgIpc) is 2.65. The Kier molecular flexibility index (Phi) is 3.64. The Balaban J connectivity index is 2.45.